The lowest BCUT2D eigenvalue weighted by Gasteiger charge is -2.05. The molecule has 114 valence electrons. The fraction of sp³-hybridized carbons (Fsp3) is 0.0556. The summed E-state index contributed by atoms with van der Waals surface area (Å²) in [7, 11) is 0. The van der Waals surface area contributed by atoms with Crippen molar-refractivity contribution in [2.75, 3.05) is 0 Å². The van der Waals surface area contributed by atoms with Gasteiger partial charge in [0.05, 0.1) is 11.0 Å². The maximum absolute atomic E-state index is 12.4. The van der Waals surface area contributed by atoms with E-state index in [9.17, 15) is 9.59 Å². The summed E-state index contributed by atoms with van der Waals surface area (Å²) in [6.07, 6.45) is 2.37. The van der Waals surface area contributed by atoms with Crippen molar-refractivity contribution in [3.63, 3.8) is 0 Å². The van der Waals surface area contributed by atoms with Crippen LogP contribution >= 0.6 is 0 Å². The largest absolute Gasteiger partial charge is 0.478 e. The molecule has 0 aliphatic rings. The monoisotopic (exact) mass is 306 g/mol. The van der Waals surface area contributed by atoms with E-state index in [2.05, 4.69) is 4.98 Å². The van der Waals surface area contributed by atoms with E-state index in [1.54, 1.807) is 6.07 Å². The van der Waals surface area contributed by atoms with Crippen LogP contribution in [0.25, 0.3) is 11.0 Å². The second kappa shape index (κ2) is 6.27. The Balaban J connectivity index is 2.08. The molecule has 2 aromatic carbocycles. The lowest BCUT2D eigenvalue weighted by atomic mass is 10.1. The number of carboxylic acid groups (broad SMARTS) is 1. The standard InChI is InChI=1S/C18H14N2O3/c21-17(10-11-18(22)23)20-15-9-5-4-8-14(15)19-16(20)12-13-6-2-1-3-7-13/h1-11H,12H2,(H,22,23). The Morgan fingerprint density at radius 1 is 1.00 bits per heavy atom. The molecule has 0 atom stereocenters. The van der Waals surface area contributed by atoms with Crippen molar-refractivity contribution in [2.45, 2.75) is 6.42 Å². The Bertz CT molecular complexity index is 895. The molecule has 3 aromatic rings. The van der Waals surface area contributed by atoms with Gasteiger partial charge in [0.2, 0.25) is 0 Å². The Hall–Kier alpha value is -3.21. The minimum atomic E-state index is -1.16. The molecule has 5 heteroatoms. The first-order valence-electron chi connectivity index (χ1n) is 7.11. The van der Waals surface area contributed by atoms with Gasteiger partial charge in [-0.2, -0.15) is 0 Å². The Kier molecular flexibility index (Phi) is 4.01. The highest BCUT2D eigenvalue weighted by Gasteiger charge is 2.15. The highest BCUT2D eigenvalue weighted by Crippen LogP contribution is 2.18. The highest BCUT2D eigenvalue weighted by molar-refractivity contribution is 6.00. The third-order valence-corrected chi connectivity index (χ3v) is 3.42. The van der Waals surface area contributed by atoms with Crippen molar-refractivity contribution in [1.29, 1.82) is 0 Å². The Labute approximate surface area is 132 Å². The minimum Gasteiger partial charge on any atom is -0.478 e. The van der Waals surface area contributed by atoms with Gasteiger partial charge in [0, 0.05) is 18.6 Å². The molecular formula is C18H14N2O3. The lowest BCUT2D eigenvalue weighted by Crippen LogP contribution is -2.12. The first-order chi connectivity index (χ1) is 11.1. The van der Waals surface area contributed by atoms with Crippen LogP contribution in [0.1, 0.15) is 16.2 Å². The predicted molar refractivity (Wildman–Crippen MR) is 86.4 cm³/mol. The van der Waals surface area contributed by atoms with E-state index in [1.807, 2.05) is 48.5 Å². The van der Waals surface area contributed by atoms with Crippen LogP contribution in [0.2, 0.25) is 0 Å². The summed E-state index contributed by atoms with van der Waals surface area (Å²) in [6.45, 7) is 0. The second-order valence-electron chi connectivity index (χ2n) is 5.02. The number of hydrogen-bond donors (Lipinski definition) is 1. The molecule has 23 heavy (non-hydrogen) atoms. The van der Waals surface area contributed by atoms with E-state index in [0.717, 1.165) is 17.7 Å². The van der Waals surface area contributed by atoms with E-state index in [-0.39, 0.29) is 0 Å². The fourth-order valence-electron chi connectivity index (χ4n) is 2.44. The average molecular weight is 306 g/mol. The SMILES string of the molecule is O=C(O)C=CC(=O)n1c(Cc2ccccc2)nc2ccccc21. The molecule has 0 saturated carbocycles. The summed E-state index contributed by atoms with van der Waals surface area (Å²) < 4.78 is 1.46. The third kappa shape index (κ3) is 3.18. The number of allylic oxidation sites excluding steroid dienone is 1. The quantitative estimate of drug-likeness (QED) is 0.752. The summed E-state index contributed by atoms with van der Waals surface area (Å²) in [5, 5.41) is 8.71. The van der Waals surface area contributed by atoms with Gasteiger partial charge in [-0.3, -0.25) is 9.36 Å². The van der Waals surface area contributed by atoms with Crippen LogP contribution in [0, 0.1) is 0 Å². The van der Waals surface area contributed by atoms with Crippen molar-refractivity contribution in [3.8, 4) is 0 Å². The topological polar surface area (TPSA) is 72.2 Å². The Morgan fingerprint density at radius 3 is 2.43 bits per heavy atom. The number of carboxylic acids is 1. The van der Waals surface area contributed by atoms with Gasteiger partial charge in [0.1, 0.15) is 5.82 Å². The summed E-state index contributed by atoms with van der Waals surface area (Å²) >= 11 is 0. The number of hydrogen-bond acceptors (Lipinski definition) is 3. The van der Waals surface area contributed by atoms with Crippen LogP contribution < -0.4 is 0 Å². The van der Waals surface area contributed by atoms with Crippen molar-refractivity contribution >= 4 is 22.9 Å². The van der Waals surface area contributed by atoms with Crippen LogP contribution in [0.15, 0.2) is 66.7 Å². The number of fused-ring (bicyclic) bond motifs is 1. The van der Waals surface area contributed by atoms with Gasteiger partial charge >= 0.3 is 5.97 Å². The first-order valence-corrected chi connectivity index (χ1v) is 7.11. The molecule has 0 radical (unpaired) electrons. The normalized spacial score (nSPS) is 11.1. The number of aliphatic carboxylic acids is 1. The first kappa shape index (κ1) is 14.7. The molecule has 1 N–H and O–H groups in total. The maximum Gasteiger partial charge on any atom is 0.328 e. The number of para-hydroxylation sites is 2. The number of carbonyl (C=O) groups excluding carboxylic acids is 1. The predicted octanol–water partition coefficient (Wildman–Crippen LogP) is 2.91. The summed E-state index contributed by atoms with van der Waals surface area (Å²) in [6, 6.07) is 17.0. The number of aromatic nitrogens is 2. The van der Waals surface area contributed by atoms with Crippen LogP contribution in [0.3, 0.4) is 0 Å². The van der Waals surface area contributed by atoms with Crippen molar-refractivity contribution < 1.29 is 14.7 Å². The lowest BCUT2D eigenvalue weighted by molar-refractivity contribution is -0.131. The smallest absolute Gasteiger partial charge is 0.328 e. The molecule has 0 aliphatic carbocycles. The zero-order valence-electron chi connectivity index (χ0n) is 12.2. The van der Waals surface area contributed by atoms with Gasteiger partial charge in [0.25, 0.3) is 5.91 Å². The van der Waals surface area contributed by atoms with Crippen molar-refractivity contribution in [3.05, 3.63) is 78.1 Å². The Morgan fingerprint density at radius 2 is 1.70 bits per heavy atom. The summed E-state index contributed by atoms with van der Waals surface area (Å²) in [5.41, 5.74) is 2.40. The molecule has 0 spiro atoms. The molecule has 0 amide bonds. The summed E-state index contributed by atoms with van der Waals surface area (Å²) in [4.78, 5) is 27.6. The van der Waals surface area contributed by atoms with Gasteiger partial charge in [0.15, 0.2) is 0 Å². The van der Waals surface area contributed by atoms with Crippen LogP contribution in [0.4, 0.5) is 0 Å². The van der Waals surface area contributed by atoms with Gasteiger partial charge in [-0.25, -0.2) is 9.78 Å². The zero-order valence-corrected chi connectivity index (χ0v) is 12.2. The molecule has 0 bridgehead atoms. The van der Waals surface area contributed by atoms with E-state index >= 15 is 0 Å². The molecule has 0 fully saturated rings. The van der Waals surface area contributed by atoms with E-state index < -0.39 is 11.9 Å². The van der Waals surface area contributed by atoms with Crippen LogP contribution in [-0.2, 0) is 11.2 Å². The van der Waals surface area contributed by atoms with E-state index in [0.29, 0.717) is 23.3 Å². The molecule has 0 saturated heterocycles. The molecule has 5 nitrogen and oxygen atoms in total. The van der Waals surface area contributed by atoms with Gasteiger partial charge in [-0.05, 0) is 17.7 Å². The van der Waals surface area contributed by atoms with Crippen LogP contribution in [-0.4, -0.2) is 26.5 Å². The molecule has 0 aliphatic heterocycles. The van der Waals surface area contributed by atoms with E-state index in [1.165, 1.54) is 4.57 Å². The van der Waals surface area contributed by atoms with Crippen molar-refractivity contribution in [1.82, 2.24) is 9.55 Å². The zero-order chi connectivity index (χ0) is 16.2. The average Bonchev–Trinajstić information content (AvgIpc) is 2.91. The number of imidazole rings is 1. The summed E-state index contributed by atoms with van der Waals surface area (Å²) in [5.74, 6) is -1.00. The fourth-order valence-corrected chi connectivity index (χ4v) is 2.44. The minimum absolute atomic E-state index is 0.424. The molecular weight excluding hydrogens is 292 g/mol. The van der Waals surface area contributed by atoms with Gasteiger partial charge in [-0.15, -0.1) is 0 Å². The number of benzene rings is 2. The maximum atomic E-state index is 12.4. The highest BCUT2D eigenvalue weighted by atomic mass is 16.4. The molecule has 1 heterocycles. The van der Waals surface area contributed by atoms with Crippen molar-refractivity contribution in [2.24, 2.45) is 0 Å². The van der Waals surface area contributed by atoms with E-state index in [4.69, 9.17) is 5.11 Å². The molecule has 0 unspecified atom stereocenters. The number of carbonyl (C=O) groups is 2. The number of rotatable bonds is 4. The second-order valence-corrected chi connectivity index (χ2v) is 5.02. The van der Waals surface area contributed by atoms with Crippen LogP contribution in [0.5, 0.6) is 0 Å². The van der Waals surface area contributed by atoms with Gasteiger partial charge in [-0.1, -0.05) is 42.5 Å². The van der Waals surface area contributed by atoms with Gasteiger partial charge < -0.3 is 5.11 Å². The third-order valence-electron chi connectivity index (χ3n) is 3.42. The number of nitrogens with zero attached hydrogens (tertiary/aromatic N) is 2. The molecule has 1 aromatic heterocycles. The molecule has 3 rings (SSSR count).